The van der Waals surface area contributed by atoms with Crippen LogP contribution in [0, 0.1) is 6.61 Å². The van der Waals surface area contributed by atoms with Crippen LogP contribution < -0.4 is 0 Å². The maximum atomic E-state index is 11.5. The van der Waals surface area contributed by atoms with Gasteiger partial charge in [-0.15, -0.1) is 0 Å². The highest BCUT2D eigenvalue weighted by atomic mass is 19.2. The van der Waals surface area contributed by atoms with Crippen LogP contribution in [0.25, 0.3) is 0 Å². The first-order valence-electron chi connectivity index (χ1n) is 1.94. The third-order valence-corrected chi connectivity index (χ3v) is 0.405. The van der Waals surface area contributed by atoms with Gasteiger partial charge < -0.3 is 4.74 Å². The second-order valence-electron chi connectivity index (χ2n) is 0.936. The quantitative estimate of drug-likeness (QED) is 0.533. The lowest BCUT2D eigenvalue weighted by molar-refractivity contribution is -0.0163. The van der Waals surface area contributed by atoms with Gasteiger partial charge in [-0.3, -0.25) is 0 Å². The molecule has 0 aliphatic heterocycles. The van der Waals surface area contributed by atoms with E-state index in [-0.39, 0.29) is 0 Å². The van der Waals surface area contributed by atoms with E-state index in [4.69, 9.17) is 0 Å². The predicted octanol–water partition coefficient (Wildman–Crippen LogP) is 1.45. The lowest BCUT2D eigenvalue weighted by Gasteiger charge is -1.98. The molecule has 1 unspecified atom stereocenters. The van der Waals surface area contributed by atoms with Gasteiger partial charge in [0.1, 0.15) is 6.67 Å². The van der Waals surface area contributed by atoms with E-state index in [0.717, 1.165) is 6.61 Å². The Morgan fingerprint density at radius 1 is 1.86 bits per heavy atom. The SMILES string of the molecule is C[CH]OC(F)CF. The van der Waals surface area contributed by atoms with E-state index in [1.807, 2.05) is 0 Å². The van der Waals surface area contributed by atoms with E-state index in [1.165, 1.54) is 6.92 Å². The Kier molecular flexibility index (Phi) is 3.89. The van der Waals surface area contributed by atoms with E-state index in [0.29, 0.717) is 0 Å². The Labute approximate surface area is 41.3 Å². The molecular weight excluding hydrogens is 102 g/mol. The average Bonchev–Trinajstić information content (AvgIpc) is 1.68. The van der Waals surface area contributed by atoms with Crippen LogP contribution in [0.5, 0.6) is 0 Å². The van der Waals surface area contributed by atoms with Gasteiger partial charge in [-0.2, -0.15) is 0 Å². The molecule has 0 bridgehead atoms. The van der Waals surface area contributed by atoms with Crippen LogP contribution >= 0.6 is 0 Å². The number of halogens is 2. The first kappa shape index (κ1) is 6.82. The van der Waals surface area contributed by atoms with Crippen molar-refractivity contribution in [2.45, 2.75) is 13.3 Å². The van der Waals surface area contributed by atoms with Crippen LogP contribution in [0.15, 0.2) is 0 Å². The minimum absolute atomic E-state index is 1.08. The van der Waals surface area contributed by atoms with E-state index < -0.39 is 13.0 Å². The summed E-state index contributed by atoms with van der Waals surface area (Å²) in [6.07, 6.45) is -1.77. The van der Waals surface area contributed by atoms with Gasteiger partial charge in [0.05, 0.1) is 6.61 Å². The minimum atomic E-state index is -1.77. The van der Waals surface area contributed by atoms with E-state index in [9.17, 15) is 8.78 Å². The smallest absolute Gasteiger partial charge is 0.227 e. The standard InChI is InChI=1S/C4H7F2O/c1-2-7-4(6)3-5/h2,4H,3H2,1H3. The first-order valence-corrected chi connectivity index (χ1v) is 1.94. The molecule has 0 rings (SSSR count). The van der Waals surface area contributed by atoms with Gasteiger partial charge in [0.15, 0.2) is 0 Å². The van der Waals surface area contributed by atoms with Crippen LogP contribution in [0.1, 0.15) is 6.92 Å². The minimum Gasteiger partial charge on any atom is -0.340 e. The maximum absolute atomic E-state index is 11.5. The zero-order valence-corrected chi connectivity index (χ0v) is 4.03. The number of hydrogen-bond acceptors (Lipinski definition) is 1. The molecule has 0 spiro atoms. The molecule has 0 aliphatic rings. The number of rotatable bonds is 3. The van der Waals surface area contributed by atoms with Gasteiger partial charge in [-0.1, -0.05) is 0 Å². The van der Waals surface area contributed by atoms with Gasteiger partial charge in [0.2, 0.25) is 6.36 Å². The summed E-state index contributed by atoms with van der Waals surface area (Å²) >= 11 is 0. The van der Waals surface area contributed by atoms with Crippen LogP contribution in [-0.2, 0) is 4.74 Å². The molecular formula is C4H7F2O. The lowest BCUT2D eigenvalue weighted by Crippen LogP contribution is -2.04. The Morgan fingerprint density at radius 2 is 2.43 bits per heavy atom. The largest absolute Gasteiger partial charge is 0.340 e. The molecule has 0 N–H and O–H groups in total. The Morgan fingerprint density at radius 3 is 2.57 bits per heavy atom. The molecule has 1 radical (unpaired) electrons. The van der Waals surface area contributed by atoms with E-state index in [1.54, 1.807) is 0 Å². The summed E-state index contributed by atoms with van der Waals surface area (Å²) in [6, 6.07) is 0. The molecule has 0 fully saturated rings. The first-order chi connectivity index (χ1) is 3.31. The van der Waals surface area contributed by atoms with Crippen molar-refractivity contribution in [2.24, 2.45) is 0 Å². The molecule has 0 amide bonds. The van der Waals surface area contributed by atoms with Crippen molar-refractivity contribution in [2.75, 3.05) is 6.67 Å². The summed E-state index contributed by atoms with van der Waals surface area (Å²) in [5, 5.41) is 0. The number of alkyl halides is 2. The van der Waals surface area contributed by atoms with Crippen molar-refractivity contribution in [3.05, 3.63) is 6.61 Å². The van der Waals surface area contributed by atoms with Gasteiger partial charge >= 0.3 is 0 Å². The summed E-state index contributed by atoms with van der Waals surface area (Å²) in [5.74, 6) is 0. The molecule has 0 aliphatic carbocycles. The van der Waals surface area contributed by atoms with Gasteiger partial charge in [0.25, 0.3) is 0 Å². The summed E-state index contributed by atoms with van der Waals surface area (Å²) in [6.45, 7) is 1.52. The predicted molar refractivity (Wildman–Crippen MR) is 21.9 cm³/mol. The van der Waals surface area contributed by atoms with Crippen molar-refractivity contribution in [3.8, 4) is 0 Å². The van der Waals surface area contributed by atoms with Gasteiger partial charge in [0, 0.05) is 0 Å². The number of hydrogen-bond donors (Lipinski definition) is 0. The topological polar surface area (TPSA) is 9.23 Å². The maximum Gasteiger partial charge on any atom is 0.227 e. The van der Waals surface area contributed by atoms with Crippen molar-refractivity contribution >= 4 is 0 Å². The summed E-state index contributed by atoms with van der Waals surface area (Å²) in [5.41, 5.74) is 0. The van der Waals surface area contributed by atoms with E-state index >= 15 is 0 Å². The highest BCUT2D eigenvalue weighted by Gasteiger charge is 2.00. The zero-order chi connectivity index (χ0) is 5.70. The third kappa shape index (κ3) is 3.66. The van der Waals surface area contributed by atoms with Crippen LogP contribution in [0.2, 0.25) is 0 Å². The van der Waals surface area contributed by atoms with Gasteiger partial charge in [-0.25, -0.2) is 8.78 Å². The van der Waals surface area contributed by atoms with Crippen molar-refractivity contribution in [1.82, 2.24) is 0 Å². The molecule has 1 atom stereocenters. The van der Waals surface area contributed by atoms with Crippen molar-refractivity contribution < 1.29 is 13.5 Å². The van der Waals surface area contributed by atoms with Crippen molar-refractivity contribution in [3.63, 3.8) is 0 Å². The molecule has 0 saturated heterocycles. The highest BCUT2D eigenvalue weighted by molar-refractivity contribution is 4.39. The molecule has 0 aromatic carbocycles. The Bertz CT molecular complexity index is 40.7. The van der Waals surface area contributed by atoms with Crippen molar-refractivity contribution in [1.29, 1.82) is 0 Å². The Hall–Kier alpha value is -0.180. The number of ether oxygens (including phenoxy) is 1. The second kappa shape index (κ2) is 3.99. The Balaban J connectivity index is 2.83. The average molecular weight is 109 g/mol. The summed E-state index contributed by atoms with van der Waals surface area (Å²) < 4.78 is 26.6. The third-order valence-electron chi connectivity index (χ3n) is 0.405. The normalized spacial score (nSPS) is 14.1. The molecule has 7 heavy (non-hydrogen) atoms. The summed E-state index contributed by atoms with van der Waals surface area (Å²) in [4.78, 5) is 0. The molecule has 0 aromatic heterocycles. The fourth-order valence-corrected chi connectivity index (χ4v) is 0.184. The molecule has 43 valence electrons. The van der Waals surface area contributed by atoms with Crippen LogP contribution in [0.4, 0.5) is 8.78 Å². The van der Waals surface area contributed by atoms with Gasteiger partial charge in [-0.05, 0) is 6.92 Å². The zero-order valence-electron chi connectivity index (χ0n) is 4.03. The fourth-order valence-electron chi connectivity index (χ4n) is 0.184. The fraction of sp³-hybridized carbons (Fsp3) is 0.750. The monoisotopic (exact) mass is 109 g/mol. The van der Waals surface area contributed by atoms with Crippen LogP contribution in [-0.4, -0.2) is 13.0 Å². The summed E-state index contributed by atoms with van der Waals surface area (Å²) in [7, 11) is 0. The second-order valence-corrected chi connectivity index (χ2v) is 0.936. The molecule has 0 saturated carbocycles. The van der Waals surface area contributed by atoms with Crippen LogP contribution in [0.3, 0.4) is 0 Å². The molecule has 0 heterocycles. The van der Waals surface area contributed by atoms with E-state index in [2.05, 4.69) is 4.74 Å². The molecule has 3 heteroatoms. The lowest BCUT2D eigenvalue weighted by atomic mass is 10.7. The molecule has 1 nitrogen and oxygen atoms in total. The highest BCUT2D eigenvalue weighted by Crippen LogP contribution is 1.94. The molecule has 0 aromatic rings.